The summed E-state index contributed by atoms with van der Waals surface area (Å²) in [6.07, 6.45) is 12.8. The van der Waals surface area contributed by atoms with Crippen LogP contribution < -0.4 is 0 Å². The van der Waals surface area contributed by atoms with Gasteiger partial charge in [0.25, 0.3) is 5.91 Å². The Hall–Kier alpha value is -1.11. The zero-order valence-electron chi connectivity index (χ0n) is 17.8. The van der Waals surface area contributed by atoms with Gasteiger partial charge in [-0.05, 0) is 82.4 Å². The molecule has 3 heterocycles. The maximum absolute atomic E-state index is 13.2. The van der Waals surface area contributed by atoms with Crippen LogP contribution in [0.2, 0.25) is 0 Å². The minimum Gasteiger partial charge on any atom is -0.459 e. The molecule has 0 aromatic carbocycles. The molecule has 29 heavy (non-hydrogen) atoms. The van der Waals surface area contributed by atoms with Crippen LogP contribution in [0.5, 0.6) is 0 Å². The first-order valence-electron chi connectivity index (χ1n) is 11.9. The van der Waals surface area contributed by atoms with E-state index in [1.807, 2.05) is 4.90 Å². The van der Waals surface area contributed by atoms with Gasteiger partial charge in [-0.2, -0.15) is 0 Å². The lowest BCUT2D eigenvalue weighted by Crippen LogP contribution is -2.49. The van der Waals surface area contributed by atoms with Crippen LogP contribution >= 0.6 is 0 Å². The predicted octanol–water partition coefficient (Wildman–Crippen LogP) is 2.91. The van der Waals surface area contributed by atoms with Gasteiger partial charge < -0.3 is 24.4 Å². The molecule has 0 bridgehead atoms. The number of aliphatic hydroxyl groups excluding tert-OH is 1. The molecule has 1 N–H and O–H groups in total. The first-order chi connectivity index (χ1) is 14.2. The SMILES string of the molecule is O=C(C1=C[C@@H](C2CC2)C[C@@H](OCCCCO)O1)N1CCC(N2CCCCC2)CC1. The van der Waals surface area contributed by atoms with Crippen molar-refractivity contribution in [3.8, 4) is 0 Å². The second-order valence-corrected chi connectivity index (χ2v) is 9.24. The lowest BCUT2D eigenvalue weighted by Gasteiger charge is -2.40. The van der Waals surface area contributed by atoms with E-state index in [-0.39, 0.29) is 18.8 Å². The molecule has 0 unspecified atom stereocenters. The average Bonchev–Trinajstić information content (AvgIpc) is 3.62. The number of piperidine rings is 2. The van der Waals surface area contributed by atoms with Crippen molar-refractivity contribution in [1.29, 1.82) is 0 Å². The first kappa shape index (κ1) is 21.1. The summed E-state index contributed by atoms with van der Waals surface area (Å²) in [5.41, 5.74) is 0. The number of aliphatic hydroxyl groups is 1. The number of nitrogens with zero attached hydrogens (tertiary/aromatic N) is 2. The fourth-order valence-electron chi connectivity index (χ4n) is 5.09. The highest BCUT2D eigenvalue weighted by atomic mass is 16.7. The van der Waals surface area contributed by atoms with Gasteiger partial charge in [0.1, 0.15) is 0 Å². The van der Waals surface area contributed by atoms with Crippen LogP contribution in [0.4, 0.5) is 0 Å². The lowest BCUT2D eigenvalue weighted by atomic mass is 9.95. The molecule has 1 amide bonds. The van der Waals surface area contributed by atoms with E-state index in [9.17, 15) is 4.79 Å². The normalized spacial score (nSPS) is 29.4. The molecule has 0 aromatic heterocycles. The Morgan fingerprint density at radius 2 is 1.83 bits per heavy atom. The minimum absolute atomic E-state index is 0.0522. The molecule has 0 radical (unpaired) electrons. The van der Waals surface area contributed by atoms with Crippen LogP contribution in [-0.4, -0.2) is 72.5 Å². The second kappa shape index (κ2) is 10.3. The van der Waals surface area contributed by atoms with Gasteiger partial charge in [-0.15, -0.1) is 0 Å². The molecule has 1 saturated carbocycles. The molecule has 1 aliphatic carbocycles. The van der Waals surface area contributed by atoms with Crippen molar-refractivity contribution in [3.05, 3.63) is 11.8 Å². The molecule has 4 aliphatic rings. The summed E-state index contributed by atoms with van der Waals surface area (Å²) in [5, 5.41) is 8.94. The van der Waals surface area contributed by atoms with Crippen molar-refractivity contribution in [2.75, 3.05) is 39.4 Å². The summed E-state index contributed by atoms with van der Waals surface area (Å²) in [6, 6.07) is 0.641. The molecule has 0 spiro atoms. The van der Waals surface area contributed by atoms with Crippen LogP contribution in [-0.2, 0) is 14.3 Å². The van der Waals surface area contributed by atoms with E-state index >= 15 is 0 Å². The molecule has 4 rings (SSSR count). The van der Waals surface area contributed by atoms with Crippen molar-refractivity contribution in [2.24, 2.45) is 11.8 Å². The summed E-state index contributed by atoms with van der Waals surface area (Å²) >= 11 is 0. The van der Waals surface area contributed by atoms with E-state index in [0.29, 0.717) is 30.2 Å². The van der Waals surface area contributed by atoms with Gasteiger partial charge in [-0.25, -0.2) is 0 Å². The third-order valence-corrected chi connectivity index (χ3v) is 7.04. The number of hydrogen-bond donors (Lipinski definition) is 1. The first-order valence-corrected chi connectivity index (χ1v) is 11.9. The molecule has 6 nitrogen and oxygen atoms in total. The highest BCUT2D eigenvalue weighted by Gasteiger charge is 2.38. The minimum atomic E-state index is -0.325. The summed E-state index contributed by atoms with van der Waals surface area (Å²) < 4.78 is 11.9. The Bertz CT molecular complexity index is 563. The summed E-state index contributed by atoms with van der Waals surface area (Å²) in [4.78, 5) is 17.8. The Kier molecular flexibility index (Phi) is 7.49. The number of rotatable bonds is 8. The summed E-state index contributed by atoms with van der Waals surface area (Å²) in [5.74, 6) is 1.65. The summed E-state index contributed by atoms with van der Waals surface area (Å²) in [6.45, 7) is 4.88. The Morgan fingerprint density at radius 1 is 1.07 bits per heavy atom. The molecule has 6 heteroatoms. The fourth-order valence-corrected chi connectivity index (χ4v) is 5.09. The molecule has 3 fully saturated rings. The lowest BCUT2D eigenvalue weighted by molar-refractivity contribution is -0.156. The highest BCUT2D eigenvalue weighted by molar-refractivity contribution is 5.91. The molecule has 3 aliphatic heterocycles. The molecule has 0 aromatic rings. The second-order valence-electron chi connectivity index (χ2n) is 9.24. The number of allylic oxidation sites excluding steroid dienone is 1. The highest BCUT2D eigenvalue weighted by Crippen LogP contribution is 2.43. The molecular weight excluding hydrogens is 368 g/mol. The standard InChI is InChI=1S/C23H38N2O4/c26-14-4-5-15-28-22-17-19(18-6-7-18)16-21(29-22)23(27)25-12-8-20(9-13-25)24-10-2-1-3-11-24/h16,18-20,22,26H,1-15,17H2/t19-,22+/m1/s1. The average molecular weight is 407 g/mol. The maximum atomic E-state index is 13.2. The number of likely N-dealkylation sites (tertiary alicyclic amines) is 2. The monoisotopic (exact) mass is 406 g/mol. The molecule has 2 saturated heterocycles. The van der Waals surface area contributed by atoms with Crippen LogP contribution in [0.15, 0.2) is 11.8 Å². The van der Waals surface area contributed by atoms with Crippen LogP contribution in [0.3, 0.4) is 0 Å². The van der Waals surface area contributed by atoms with E-state index in [0.717, 1.165) is 45.2 Å². The number of carbonyl (C=O) groups is 1. The van der Waals surface area contributed by atoms with Gasteiger partial charge >= 0.3 is 0 Å². The fraction of sp³-hybridized carbons (Fsp3) is 0.870. The number of unbranched alkanes of at least 4 members (excludes halogenated alkanes) is 1. The van der Waals surface area contributed by atoms with E-state index in [4.69, 9.17) is 14.6 Å². The van der Waals surface area contributed by atoms with Gasteiger partial charge in [0.15, 0.2) is 5.76 Å². The Labute approximate surface area is 175 Å². The van der Waals surface area contributed by atoms with Gasteiger partial charge in [-0.1, -0.05) is 6.42 Å². The van der Waals surface area contributed by atoms with Gasteiger partial charge in [-0.3, -0.25) is 4.79 Å². The zero-order valence-corrected chi connectivity index (χ0v) is 17.8. The quantitative estimate of drug-likeness (QED) is 0.628. The van der Waals surface area contributed by atoms with E-state index < -0.39 is 0 Å². The molecule has 164 valence electrons. The third kappa shape index (κ3) is 5.74. The Morgan fingerprint density at radius 3 is 2.52 bits per heavy atom. The topological polar surface area (TPSA) is 62.2 Å². The van der Waals surface area contributed by atoms with Crippen LogP contribution in [0.1, 0.15) is 64.2 Å². The van der Waals surface area contributed by atoms with Crippen LogP contribution in [0, 0.1) is 11.8 Å². The largest absolute Gasteiger partial charge is 0.459 e. The van der Waals surface area contributed by atoms with Crippen molar-refractivity contribution in [2.45, 2.75) is 76.5 Å². The van der Waals surface area contributed by atoms with Crippen molar-refractivity contribution < 1.29 is 19.4 Å². The van der Waals surface area contributed by atoms with Gasteiger partial charge in [0.2, 0.25) is 6.29 Å². The predicted molar refractivity (Wildman–Crippen MR) is 111 cm³/mol. The smallest absolute Gasteiger partial charge is 0.288 e. The molecule has 2 atom stereocenters. The van der Waals surface area contributed by atoms with E-state index in [1.54, 1.807) is 0 Å². The van der Waals surface area contributed by atoms with Crippen LogP contribution in [0.25, 0.3) is 0 Å². The maximum Gasteiger partial charge on any atom is 0.288 e. The van der Waals surface area contributed by atoms with Gasteiger partial charge in [0, 0.05) is 32.2 Å². The molecular formula is C23H38N2O4. The van der Waals surface area contributed by atoms with Crippen molar-refractivity contribution in [1.82, 2.24) is 9.80 Å². The van der Waals surface area contributed by atoms with Crippen molar-refractivity contribution in [3.63, 3.8) is 0 Å². The van der Waals surface area contributed by atoms with Crippen molar-refractivity contribution >= 4 is 5.91 Å². The summed E-state index contributed by atoms with van der Waals surface area (Å²) in [7, 11) is 0. The Balaban J connectivity index is 1.30. The van der Waals surface area contributed by atoms with E-state index in [2.05, 4.69) is 11.0 Å². The van der Waals surface area contributed by atoms with E-state index in [1.165, 1.54) is 45.2 Å². The zero-order chi connectivity index (χ0) is 20.1. The number of carbonyl (C=O) groups excluding carboxylic acids is 1. The third-order valence-electron chi connectivity index (χ3n) is 7.04. The van der Waals surface area contributed by atoms with Gasteiger partial charge in [0.05, 0.1) is 6.61 Å². The number of ether oxygens (including phenoxy) is 2. The number of amides is 1. The number of hydrogen-bond acceptors (Lipinski definition) is 5.